The molecule has 3 rings (SSSR count). The van der Waals surface area contributed by atoms with Crippen molar-refractivity contribution in [2.75, 3.05) is 10.6 Å². The molecule has 0 saturated heterocycles. The molecule has 6 heteroatoms. The minimum absolute atomic E-state index is 0.280. The van der Waals surface area contributed by atoms with Crippen LogP contribution in [0.5, 0.6) is 0 Å². The van der Waals surface area contributed by atoms with Crippen molar-refractivity contribution in [1.29, 1.82) is 0 Å². The molecular formula is C22H38ClN5. The highest BCUT2D eigenvalue weighted by Gasteiger charge is 2.16. The summed E-state index contributed by atoms with van der Waals surface area (Å²) in [6, 6.07) is 0.882. The van der Waals surface area contributed by atoms with Crippen LogP contribution in [0.1, 0.15) is 109 Å². The van der Waals surface area contributed by atoms with Crippen LogP contribution in [0.2, 0.25) is 5.28 Å². The lowest BCUT2D eigenvalue weighted by Gasteiger charge is -2.21. The van der Waals surface area contributed by atoms with E-state index >= 15 is 0 Å². The van der Waals surface area contributed by atoms with Crippen molar-refractivity contribution in [3.63, 3.8) is 0 Å². The second kappa shape index (κ2) is 12.5. The van der Waals surface area contributed by atoms with Gasteiger partial charge in [0.05, 0.1) is 0 Å². The zero-order valence-electron chi connectivity index (χ0n) is 17.4. The Labute approximate surface area is 175 Å². The van der Waals surface area contributed by atoms with Gasteiger partial charge in [0.25, 0.3) is 0 Å². The zero-order valence-corrected chi connectivity index (χ0v) is 18.2. The molecule has 2 fully saturated rings. The monoisotopic (exact) mass is 407 g/mol. The summed E-state index contributed by atoms with van der Waals surface area (Å²) in [7, 11) is 0. The predicted octanol–water partition coefficient (Wildman–Crippen LogP) is 6.74. The van der Waals surface area contributed by atoms with E-state index in [0.29, 0.717) is 24.0 Å². The topological polar surface area (TPSA) is 62.7 Å². The molecule has 0 aromatic carbocycles. The maximum atomic E-state index is 6.23. The van der Waals surface area contributed by atoms with Crippen molar-refractivity contribution in [3.05, 3.63) is 5.28 Å². The highest BCUT2D eigenvalue weighted by molar-refractivity contribution is 6.28. The third-order valence-electron chi connectivity index (χ3n) is 6.23. The molecule has 1 aromatic rings. The lowest BCUT2D eigenvalue weighted by molar-refractivity contribution is 0.475. The summed E-state index contributed by atoms with van der Waals surface area (Å²) in [6.07, 6.45) is 22.1. The van der Waals surface area contributed by atoms with E-state index in [0.717, 1.165) is 0 Å². The number of rotatable bonds is 4. The summed E-state index contributed by atoms with van der Waals surface area (Å²) < 4.78 is 0. The Morgan fingerprint density at radius 1 is 0.500 bits per heavy atom. The molecule has 28 heavy (non-hydrogen) atoms. The number of nitrogens with zero attached hydrogens (tertiary/aromatic N) is 3. The zero-order chi connectivity index (χ0) is 19.4. The van der Waals surface area contributed by atoms with Gasteiger partial charge >= 0.3 is 0 Å². The molecule has 0 atom stereocenters. The second-order valence-corrected chi connectivity index (χ2v) is 9.02. The SMILES string of the molecule is Clc1nc(NC2CCCCCCCCC2)nc(NC2CCCCCCCC2)n1. The van der Waals surface area contributed by atoms with Gasteiger partial charge in [-0.25, -0.2) is 0 Å². The van der Waals surface area contributed by atoms with Gasteiger partial charge in [-0.05, 0) is 37.3 Å². The first-order valence-corrected chi connectivity index (χ1v) is 12.1. The molecule has 158 valence electrons. The van der Waals surface area contributed by atoms with Gasteiger partial charge in [0.1, 0.15) is 0 Å². The van der Waals surface area contributed by atoms with E-state index in [1.165, 1.54) is 109 Å². The minimum atomic E-state index is 0.280. The summed E-state index contributed by atoms with van der Waals surface area (Å²) >= 11 is 6.23. The van der Waals surface area contributed by atoms with Crippen LogP contribution < -0.4 is 10.6 Å². The summed E-state index contributed by atoms with van der Waals surface area (Å²) in [6.45, 7) is 0. The highest BCUT2D eigenvalue weighted by Crippen LogP contribution is 2.22. The maximum Gasteiger partial charge on any atom is 0.229 e. The van der Waals surface area contributed by atoms with E-state index in [2.05, 4.69) is 25.6 Å². The molecule has 0 bridgehead atoms. The quantitative estimate of drug-likeness (QED) is 0.578. The van der Waals surface area contributed by atoms with E-state index in [4.69, 9.17) is 11.6 Å². The number of nitrogens with one attached hydrogen (secondary N) is 2. The van der Waals surface area contributed by atoms with Gasteiger partial charge in [0.2, 0.25) is 17.2 Å². The van der Waals surface area contributed by atoms with Crippen LogP contribution in [0.3, 0.4) is 0 Å². The lowest BCUT2D eigenvalue weighted by Crippen LogP contribution is -2.24. The Balaban J connectivity index is 1.59. The molecular weight excluding hydrogens is 370 g/mol. The van der Waals surface area contributed by atoms with Crippen LogP contribution in [0.4, 0.5) is 11.9 Å². The highest BCUT2D eigenvalue weighted by atomic mass is 35.5. The third kappa shape index (κ3) is 8.10. The fraction of sp³-hybridized carbons (Fsp3) is 0.864. The fourth-order valence-electron chi connectivity index (χ4n) is 4.58. The van der Waals surface area contributed by atoms with Crippen molar-refractivity contribution in [2.24, 2.45) is 0 Å². The van der Waals surface area contributed by atoms with Crippen LogP contribution >= 0.6 is 11.6 Å². The molecule has 0 amide bonds. The number of hydrogen-bond acceptors (Lipinski definition) is 5. The van der Waals surface area contributed by atoms with E-state index in [1.54, 1.807) is 0 Å². The van der Waals surface area contributed by atoms with E-state index in [9.17, 15) is 0 Å². The molecule has 5 nitrogen and oxygen atoms in total. The fourth-order valence-corrected chi connectivity index (χ4v) is 4.74. The summed E-state index contributed by atoms with van der Waals surface area (Å²) in [5.41, 5.74) is 0. The molecule has 0 radical (unpaired) electrons. The molecule has 1 aromatic heterocycles. The maximum absolute atomic E-state index is 6.23. The molecule has 2 saturated carbocycles. The number of aromatic nitrogens is 3. The van der Waals surface area contributed by atoms with Crippen molar-refractivity contribution < 1.29 is 0 Å². The Bertz CT molecular complexity index is 548. The Kier molecular flexibility index (Phi) is 9.61. The predicted molar refractivity (Wildman–Crippen MR) is 118 cm³/mol. The first kappa shape index (κ1) is 21.6. The lowest BCUT2D eigenvalue weighted by atomic mass is 9.97. The molecule has 0 unspecified atom stereocenters. The number of anilines is 2. The van der Waals surface area contributed by atoms with Gasteiger partial charge < -0.3 is 10.6 Å². The van der Waals surface area contributed by atoms with E-state index in [-0.39, 0.29) is 5.28 Å². The largest absolute Gasteiger partial charge is 0.351 e. The Morgan fingerprint density at radius 2 is 0.821 bits per heavy atom. The van der Waals surface area contributed by atoms with Crippen LogP contribution in [-0.2, 0) is 0 Å². The molecule has 0 aliphatic heterocycles. The molecule has 2 N–H and O–H groups in total. The van der Waals surface area contributed by atoms with Gasteiger partial charge in [0.15, 0.2) is 0 Å². The summed E-state index contributed by atoms with van der Waals surface area (Å²) in [4.78, 5) is 13.4. The summed E-state index contributed by atoms with van der Waals surface area (Å²) in [5.74, 6) is 1.26. The average Bonchev–Trinajstić information content (AvgIpc) is 2.80. The van der Waals surface area contributed by atoms with Crippen molar-refractivity contribution in [2.45, 2.75) is 121 Å². The van der Waals surface area contributed by atoms with Gasteiger partial charge in [0, 0.05) is 12.1 Å². The smallest absolute Gasteiger partial charge is 0.229 e. The van der Waals surface area contributed by atoms with Gasteiger partial charge in [-0.15, -0.1) is 0 Å². The van der Waals surface area contributed by atoms with Crippen molar-refractivity contribution in [3.8, 4) is 0 Å². The summed E-state index contributed by atoms with van der Waals surface area (Å²) in [5, 5.41) is 7.39. The van der Waals surface area contributed by atoms with E-state index < -0.39 is 0 Å². The van der Waals surface area contributed by atoms with Gasteiger partial charge in [-0.3, -0.25) is 0 Å². The van der Waals surface area contributed by atoms with E-state index in [1.807, 2.05) is 0 Å². The van der Waals surface area contributed by atoms with Crippen LogP contribution in [0.15, 0.2) is 0 Å². The first-order valence-electron chi connectivity index (χ1n) is 11.7. The molecule has 2 aliphatic carbocycles. The van der Waals surface area contributed by atoms with Crippen LogP contribution in [0, 0.1) is 0 Å². The minimum Gasteiger partial charge on any atom is -0.351 e. The number of hydrogen-bond donors (Lipinski definition) is 2. The van der Waals surface area contributed by atoms with Gasteiger partial charge in [-0.2, -0.15) is 15.0 Å². The Morgan fingerprint density at radius 3 is 1.18 bits per heavy atom. The molecule has 2 aliphatic rings. The second-order valence-electron chi connectivity index (χ2n) is 8.69. The van der Waals surface area contributed by atoms with Gasteiger partial charge in [-0.1, -0.05) is 83.5 Å². The Hall–Kier alpha value is -1.10. The van der Waals surface area contributed by atoms with Crippen molar-refractivity contribution in [1.82, 2.24) is 15.0 Å². The third-order valence-corrected chi connectivity index (χ3v) is 6.40. The van der Waals surface area contributed by atoms with Crippen LogP contribution in [0.25, 0.3) is 0 Å². The normalized spacial score (nSPS) is 21.9. The first-order chi connectivity index (χ1) is 13.8. The standard InChI is InChI=1S/C22H38ClN5/c23-20-26-21(24-18-14-10-6-2-1-3-7-11-15-18)28-22(27-20)25-19-16-12-8-4-5-9-13-17-19/h18-19H,1-17H2,(H2,24,25,26,27,28). The molecule has 1 heterocycles. The number of halogens is 1. The average molecular weight is 408 g/mol. The molecule has 0 spiro atoms. The van der Waals surface area contributed by atoms with Crippen molar-refractivity contribution >= 4 is 23.5 Å². The van der Waals surface area contributed by atoms with Crippen LogP contribution in [-0.4, -0.2) is 27.0 Å².